The van der Waals surface area contributed by atoms with Gasteiger partial charge in [0.1, 0.15) is 0 Å². The molecule has 1 heteroatoms. The predicted molar refractivity (Wildman–Crippen MR) is 55.5 cm³/mol. The first-order chi connectivity index (χ1) is 6.25. The van der Waals surface area contributed by atoms with E-state index in [-0.39, 0.29) is 0 Å². The normalized spacial score (nSPS) is 20.5. The lowest BCUT2D eigenvalue weighted by Gasteiger charge is -2.15. The largest absolute Gasteiger partial charge is 0.295 e. The lowest BCUT2D eigenvalue weighted by atomic mass is 9.89. The second-order valence-corrected chi connectivity index (χ2v) is 3.60. The first kappa shape index (κ1) is 10.2. The minimum atomic E-state index is 0.313. The average molecular weight is 178 g/mol. The molecule has 0 radical (unpaired) electrons. The third-order valence-corrected chi connectivity index (χ3v) is 2.45. The smallest absolute Gasteiger partial charge is 0.159 e. The molecule has 0 saturated heterocycles. The van der Waals surface area contributed by atoms with Crippen molar-refractivity contribution >= 4 is 5.78 Å². The summed E-state index contributed by atoms with van der Waals surface area (Å²) in [6.45, 7) is 4.21. The van der Waals surface area contributed by atoms with Crippen molar-refractivity contribution in [2.24, 2.45) is 5.92 Å². The van der Waals surface area contributed by atoms with E-state index < -0.39 is 0 Å². The van der Waals surface area contributed by atoms with Crippen molar-refractivity contribution in [2.75, 3.05) is 0 Å². The van der Waals surface area contributed by atoms with Crippen LogP contribution in [-0.4, -0.2) is 5.78 Å². The summed E-state index contributed by atoms with van der Waals surface area (Å²) in [5, 5.41) is 0. The van der Waals surface area contributed by atoms with E-state index in [1.54, 1.807) is 0 Å². The SMILES string of the molecule is CC/C=C\[C@H](C)C1=CCCCC1=O. The number of hydrogen-bond donors (Lipinski definition) is 0. The average Bonchev–Trinajstić information content (AvgIpc) is 2.15. The highest BCUT2D eigenvalue weighted by Crippen LogP contribution is 2.21. The Morgan fingerprint density at radius 1 is 1.62 bits per heavy atom. The molecule has 13 heavy (non-hydrogen) atoms. The van der Waals surface area contributed by atoms with Gasteiger partial charge in [0.25, 0.3) is 0 Å². The molecule has 0 aromatic carbocycles. The first-order valence-electron chi connectivity index (χ1n) is 5.15. The second-order valence-electron chi connectivity index (χ2n) is 3.60. The van der Waals surface area contributed by atoms with E-state index in [1.165, 1.54) is 0 Å². The summed E-state index contributed by atoms with van der Waals surface area (Å²) in [5.74, 6) is 0.659. The van der Waals surface area contributed by atoms with Crippen LogP contribution in [0, 0.1) is 5.92 Å². The Hall–Kier alpha value is -0.850. The summed E-state index contributed by atoms with van der Waals surface area (Å²) in [7, 11) is 0. The predicted octanol–water partition coefficient (Wildman–Crippen LogP) is 3.27. The van der Waals surface area contributed by atoms with Crippen molar-refractivity contribution in [2.45, 2.75) is 39.5 Å². The molecule has 0 spiro atoms. The fourth-order valence-electron chi connectivity index (χ4n) is 1.66. The quantitative estimate of drug-likeness (QED) is 0.606. The maximum atomic E-state index is 11.5. The standard InChI is InChI=1S/C12H18O/c1-3-4-7-10(2)11-8-5-6-9-12(11)13/h4,7-8,10H,3,5-6,9H2,1-2H3/b7-4-/t10-/m0/s1. The Bertz CT molecular complexity index is 236. The fraction of sp³-hybridized carbons (Fsp3) is 0.583. The highest BCUT2D eigenvalue weighted by molar-refractivity contribution is 5.96. The van der Waals surface area contributed by atoms with Crippen molar-refractivity contribution < 1.29 is 4.79 Å². The van der Waals surface area contributed by atoms with Crippen molar-refractivity contribution in [3.05, 3.63) is 23.8 Å². The molecule has 0 saturated carbocycles. The van der Waals surface area contributed by atoms with Crippen LogP contribution < -0.4 is 0 Å². The minimum Gasteiger partial charge on any atom is -0.295 e. The Morgan fingerprint density at radius 3 is 3.00 bits per heavy atom. The van der Waals surface area contributed by atoms with E-state index in [9.17, 15) is 4.79 Å². The lowest BCUT2D eigenvalue weighted by molar-refractivity contribution is -0.116. The summed E-state index contributed by atoms with van der Waals surface area (Å²) >= 11 is 0. The number of carbonyl (C=O) groups excluding carboxylic acids is 1. The van der Waals surface area contributed by atoms with Gasteiger partial charge in [-0.25, -0.2) is 0 Å². The van der Waals surface area contributed by atoms with Gasteiger partial charge in [-0.05, 0) is 24.8 Å². The number of ketones is 1. The van der Waals surface area contributed by atoms with Crippen LogP contribution in [-0.2, 0) is 4.79 Å². The number of hydrogen-bond acceptors (Lipinski definition) is 1. The molecule has 1 nitrogen and oxygen atoms in total. The third kappa shape index (κ3) is 2.83. The van der Waals surface area contributed by atoms with Crippen LogP contribution in [0.4, 0.5) is 0 Å². The molecule has 0 aromatic heterocycles. The molecule has 0 heterocycles. The molecule has 1 aliphatic rings. The van der Waals surface area contributed by atoms with Crippen molar-refractivity contribution in [1.82, 2.24) is 0 Å². The summed E-state index contributed by atoms with van der Waals surface area (Å²) < 4.78 is 0. The highest BCUT2D eigenvalue weighted by atomic mass is 16.1. The van der Waals surface area contributed by atoms with E-state index in [4.69, 9.17) is 0 Å². The summed E-state index contributed by atoms with van der Waals surface area (Å²) in [6.07, 6.45) is 10.3. The maximum absolute atomic E-state index is 11.5. The van der Waals surface area contributed by atoms with Gasteiger partial charge in [-0.1, -0.05) is 32.1 Å². The Kier molecular flexibility index (Phi) is 3.94. The molecule has 72 valence electrons. The van der Waals surface area contributed by atoms with Crippen molar-refractivity contribution in [3.8, 4) is 0 Å². The zero-order valence-electron chi connectivity index (χ0n) is 8.55. The van der Waals surface area contributed by atoms with E-state index in [0.717, 1.165) is 31.3 Å². The van der Waals surface area contributed by atoms with Crippen LogP contribution in [0.2, 0.25) is 0 Å². The van der Waals surface area contributed by atoms with Gasteiger partial charge >= 0.3 is 0 Å². The number of rotatable bonds is 3. The van der Waals surface area contributed by atoms with Crippen LogP contribution in [0.25, 0.3) is 0 Å². The topological polar surface area (TPSA) is 17.1 Å². The minimum absolute atomic E-state index is 0.313. The molecule has 1 rings (SSSR count). The third-order valence-electron chi connectivity index (χ3n) is 2.45. The molecular weight excluding hydrogens is 160 g/mol. The van der Waals surface area contributed by atoms with Crippen molar-refractivity contribution in [3.63, 3.8) is 0 Å². The summed E-state index contributed by atoms with van der Waals surface area (Å²) in [5.41, 5.74) is 1.02. The molecular formula is C12H18O. The summed E-state index contributed by atoms with van der Waals surface area (Å²) in [6, 6.07) is 0. The number of Topliss-reactive ketones (excluding diaryl/α,β-unsaturated/α-hetero) is 1. The van der Waals surface area contributed by atoms with Gasteiger partial charge in [0, 0.05) is 12.3 Å². The zero-order chi connectivity index (χ0) is 9.68. The van der Waals surface area contributed by atoms with Crippen LogP contribution >= 0.6 is 0 Å². The van der Waals surface area contributed by atoms with Crippen LogP contribution in [0.15, 0.2) is 23.8 Å². The van der Waals surface area contributed by atoms with Gasteiger partial charge in [-0.3, -0.25) is 4.79 Å². The molecule has 1 aliphatic carbocycles. The second kappa shape index (κ2) is 5.00. The zero-order valence-corrected chi connectivity index (χ0v) is 8.55. The van der Waals surface area contributed by atoms with E-state index >= 15 is 0 Å². The van der Waals surface area contributed by atoms with Gasteiger partial charge in [0.2, 0.25) is 0 Å². The highest BCUT2D eigenvalue weighted by Gasteiger charge is 2.16. The number of carbonyl (C=O) groups is 1. The lowest BCUT2D eigenvalue weighted by Crippen LogP contribution is -2.12. The number of allylic oxidation sites excluding steroid dienone is 4. The monoisotopic (exact) mass is 178 g/mol. The Balaban J connectivity index is 2.63. The molecule has 0 bridgehead atoms. The Morgan fingerprint density at radius 2 is 2.38 bits per heavy atom. The van der Waals surface area contributed by atoms with Crippen molar-refractivity contribution in [1.29, 1.82) is 0 Å². The van der Waals surface area contributed by atoms with Gasteiger partial charge in [0.05, 0.1) is 0 Å². The van der Waals surface area contributed by atoms with Gasteiger partial charge < -0.3 is 0 Å². The Labute approximate surface area is 80.5 Å². The van der Waals surface area contributed by atoms with E-state index in [0.29, 0.717) is 11.7 Å². The molecule has 0 aromatic rings. The van der Waals surface area contributed by atoms with Gasteiger partial charge in [-0.2, -0.15) is 0 Å². The van der Waals surface area contributed by atoms with Crippen LogP contribution in [0.5, 0.6) is 0 Å². The molecule has 1 atom stereocenters. The van der Waals surface area contributed by atoms with Crippen LogP contribution in [0.3, 0.4) is 0 Å². The van der Waals surface area contributed by atoms with Gasteiger partial charge in [-0.15, -0.1) is 0 Å². The first-order valence-corrected chi connectivity index (χ1v) is 5.15. The van der Waals surface area contributed by atoms with Gasteiger partial charge in [0.15, 0.2) is 5.78 Å². The maximum Gasteiger partial charge on any atom is 0.159 e. The molecule has 0 amide bonds. The fourth-order valence-corrected chi connectivity index (χ4v) is 1.66. The van der Waals surface area contributed by atoms with E-state index in [2.05, 4.69) is 32.1 Å². The molecule has 0 fully saturated rings. The van der Waals surface area contributed by atoms with E-state index in [1.807, 2.05) is 0 Å². The van der Waals surface area contributed by atoms with Crippen LogP contribution in [0.1, 0.15) is 39.5 Å². The molecule has 0 aliphatic heterocycles. The molecule has 0 unspecified atom stereocenters. The summed E-state index contributed by atoms with van der Waals surface area (Å²) in [4.78, 5) is 11.5. The molecule has 0 N–H and O–H groups in total.